The molecule has 0 aromatic heterocycles. The molecule has 4 aromatic rings. The van der Waals surface area contributed by atoms with Crippen LogP contribution in [0.4, 0.5) is 0 Å². The zero-order chi connectivity index (χ0) is 20.8. The minimum absolute atomic E-state index is 0.307. The molecule has 0 fully saturated rings. The van der Waals surface area contributed by atoms with Crippen LogP contribution in [0.1, 0.15) is 28.4 Å². The molecule has 148 valence electrons. The number of hydrogen-bond acceptors (Lipinski definition) is 3. The van der Waals surface area contributed by atoms with E-state index in [0.29, 0.717) is 17.9 Å². The molecule has 0 saturated heterocycles. The average molecular weight is 394 g/mol. The van der Waals surface area contributed by atoms with E-state index in [1.807, 2.05) is 67.6 Å². The van der Waals surface area contributed by atoms with Gasteiger partial charge in [-0.15, -0.1) is 0 Å². The van der Waals surface area contributed by atoms with E-state index in [2.05, 4.69) is 34.8 Å². The first kappa shape index (κ1) is 19.4. The highest BCUT2D eigenvalue weighted by molar-refractivity contribution is 6.03. The Hall–Kier alpha value is -3.92. The number of para-hydroxylation sites is 1. The van der Waals surface area contributed by atoms with Gasteiger partial charge < -0.3 is 4.74 Å². The van der Waals surface area contributed by atoms with Crippen LogP contribution in [-0.4, -0.2) is 11.6 Å². The molecule has 0 aliphatic heterocycles. The van der Waals surface area contributed by atoms with Gasteiger partial charge in [0.15, 0.2) is 0 Å². The highest BCUT2D eigenvalue weighted by atomic mass is 16.5. The Morgan fingerprint density at radius 1 is 0.833 bits per heavy atom. The number of benzene rings is 4. The minimum atomic E-state index is -0.307. The summed E-state index contributed by atoms with van der Waals surface area (Å²) in [4.78, 5) is 12.7. The predicted molar refractivity (Wildman–Crippen MR) is 121 cm³/mol. The quantitative estimate of drug-likeness (QED) is 0.343. The van der Waals surface area contributed by atoms with Gasteiger partial charge in [0.05, 0.1) is 11.3 Å². The number of fused-ring (bicyclic) bond motifs is 1. The highest BCUT2D eigenvalue weighted by Gasteiger charge is 2.12. The summed E-state index contributed by atoms with van der Waals surface area (Å²) >= 11 is 0. The molecule has 4 heteroatoms. The van der Waals surface area contributed by atoms with E-state index in [1.54, 1.807) is 12.1 Å². The van der Waals surface area contributed by atoms with Crippen LogP contribution in [0.2, 0.25) is 0 Å². The number of ether oxygens (including phenoxy) is 1. The van der Waals surface area contributed by atoms with Gasteiger partial charge >= 0.3 is 0 Å². The van der Waals surface area contributed by atoms with Crippen molar-refractivity contribution in [2.24, 2.45) is 5.10 Å². The number of nitrogens with one attached hydrogen (secondary N) is 1. The molecule has 1 N–H and O–H groups in total. The van der Waals surface area contributed by atoms with Crippen molar-refractivity contribution in [1.29, 1.82) is 0 Å². The predicted octanol–water partition coefficient (Wildman–Crippen LogP) is 5.57. The second kappa shape index (κ2) is 9.05. The lowest BCUT2D eigenvalue weighted by molar-refractivity contribution is 0.0950. The first-order chi connectivity index (χ1) is 14.7. The number of hydrogen-bond donors (Lipinski definition) is 1. The molecule has 0 aliphatic rings. The van der Waals surface area contributed by atoms with Crippen LogP contribution >= 0.6 is 0 Å². The summed E-state index contributed by atoms with van der Waals surface area (Å²) in [6, 6.07) is 31.3. The van der Waals surface area contributed by atoms with Gasteiger partial charge in [0, 0.05) is 0 Å². The first-order valence-electron chi connectivity index (χ1n) is 9.80. The second-order valence-electron chi connectivity index (χ2n) is 6.97. The third kappa shape index (κ3) is 4.55. The minimum Gasteiger partial charge on any atom is -0.488 e. The maximum Gasteiger partial charge on any atom is 0.275 e. The fraction of sp³-hybridized carbons (Fsp3) is 0.0769. The number of carbonyl (C=O) groups is 1. The van der Waals surface area contributed by atoms with E-state index in [0.717, 1.165) is 22.2 Å². The molecular formula is C26H22N2O2. The van der Waals surface area contributed by atoms with E-state index >= 15 is 0 Å². The van der Waals surface area contributed by atoms with Crippen molar-refractivity contribution in [3.8, 4) is 5.75 Å². The topological polar surface area (TPSA) is 50.7 Å². The standard InChI is InChI=1S/C26H22N2O2/c1-19(22-16-15-21-11-5-6-12-23(21)17-22)27-28-26(29)24-13-7-8-14-25(24)30-18-20-9-3-2-4-10-20/h2-17H,18H2,1H3,(H,28,29)/b27-19-. The number of rotatable bonds is 6. The van der Waals surface area contributed by atoms with E-state index in [1.165, 1.54) is 5.39 Å². The molecular weight excluding hydrogens is 372 g/mol. The third-order valence-electron chi connectivity index (χ3n) is 4.86. The highest BCUT2D eigenvalue weighted by Crippen LogP contribution is 2.20. The summed E-state index contributed by atoms with van der Waals surface area (Å²) in [5, 5.41) is 6.60. The van der Waals surface area contributed by atoms with E-state index in [4.69, 9.17) is 4.74 Å². The summed E-state index contributed by atoms with van der Waals surface area (Å²) in [5.74, 6) is 0.219. The van der Waals surface area contributed by atoms with Crippen molar-refractivity contribution in [3.63, 3.8) is 0 Å². The molecule has 1 amide bonds. The lowest BCUT2D eigenvalue weighted by atomic mass is 10.0. The Balaban J connectivity index is 1.47. The first-order valence-corrected chi connectivity index (χ1v) is 9.80. The number of carbonyl (C=O) groups excluding carboxylic acids is 1. The SMILES string of the molecule is C/C(=N/NC(=O)c1ccccc1OCc1ccccc1)c1ccc2ccccc2c1. The molecule has 4 rings (SSSR count). The van der Waals surface area contributed by atoms with Crippen LogP contribution in [0.15, 0.2) is 102 Å². The molecule has 4 aromatic carbocycles. The van der Waals surface area contributed by atoms with Crippen molar-refractivity contribution in [2.75, 3.05) is 0 Å². The third-order valence-corrected chi connectivity index (χ3v) is 4.86. The van der Waals surface area contributed by atoms with E-state index in [-0.39, 0.29) is 5.91 Å². The van der Waals surface area contributed by atoms with Crippen LogP contribution < -0.4 is 10.2 Å². The van der Waals surface area contributed by atoms with Crippen molar-refractivity contribution in [3.05, 3.63) is 114 Å². The summed E-state index contributed by atoms with van der Waals surface area (Å²) in [5.41, 5.74) is 5.83. The van der Waals surface area contributed by atoms with Crippen molar-refractivity contribution < 1.29 is 9.53 Å². The van der Waals surface area contributed by atoms with Crippen LogP contribution in [0.3, 0.4) is 0 Å². The Kier molecular flexibility index (Phi) is 5.85. The smallest absolute Gasteiger partial charge is 0.275 e. The maximum atomic E-state index is 12.7. The normalized spacial score (nSPS) is 11.3. The van der Waals surface area contributed by atoms with E-state index in [9.17, 15) is 4.79 Å². The average Bonchev–Trinajstić information content (AvgIpc) is 2.81. The molecule has 0 saturated carbocycles. The van der Waals surface area contributed by atoms with Gasteiger partial charge in [-0.2, -0.15) is 5.10 Å². The van der Waals surface area contributed by atoms with Gasteiger partial charge in [-0.25, -0.2) is 5.43 Å². The molecule has 4 nitrogen and oxygen atoms in total. The van der Waals surface area contributed by atoms with Gasteiger partial charge in [0.25, 0.3) is 5.91 Å². The molecule has 0 radical (unpaired) electrons. The fourth-order valence-corrected chi connectivity index (χ4v) is 3.19. The molecule has 0 bridgehead atoms. The van der Waals surface area contributed by atoms with Crippen LogP contribution in [-0.2, 0) is 6.61 Å². The lowest BCUT2D eigenvalue weighted by Gasteiger charge is -2.11. The van der Waals surface area contributed by atoms with Gasteiger partial charge in [-0.1, -0.05) is 78.9 Å². The Morgan fingerprint density at radius 3 is 2.37 bits per heavy atom. The van der Waals surface area contributed by atoms with Crippen molar-refractivity contribution in [2.45, 2.75) is 13.5 Å². The van der Waals surface area contributed by atoms with Gasteiger partial charge in [-0.05, 0) is 47.0 Å². The monoisotopic (exact) mass is 394 g/mol. The zero-order valence-electron chi connectivity index (χ0n) is 16.7. The van der Waals surface area contributed by atoms with Crippen LogP contribution in [0.5, 0.6) is 5.75 Å². The van der Waals surface area contributed by atoms with Gasteiger partial charge in [-0.3, -0.25) is 4.79 Å². The number of hydrazone groups is 1. The maximum absolute atomic E-state index is 12.7. The molecule has 30 heavy (non-hydrogen) atoms. The molecule has 0 heterocycles. The Morgan fingerprint density at radius 2 is 1.53 bits per heavy atom. The number of nitrogens with zero attached hydrogens (tertiary/aromatic N) is 1. The molecule has 0 unspecified atom stereocenters. The van der Waals surface area contributed by atoms with Crippen LogP contribution in [0.25, 0.3) is 10.8 Å². The zero-order valence-corrected chi connectivity index (χ0v) is 16.7. The van der Waals surface area contributed by atoms with Crippen molar-refractivity contribution >= 4 is 22.4 Å². The van der Waals surface area contributed by atoms with Crippen molar-refractivity contribution in [1.82, 2.24) is 5.43 Å². The largest absolute Gasteiger partial charge is 0.488 e. The van der Waals surface area contributed by atoms with Crippen LogP contribution in [0, 0.1) is 0 Å². The summed E-state index contributed by atoms with van der Waals surface area (Å²) in [7, 11) is 0. The summed E-state index contributed by atoms with van der Waals surface area (Å²) in [6.45, 7) is 2.27. The molecule has 0 aliphatic carbocycles. The second-order valence-corrected chi connectivity index (χ2v) is 6.97. The van der Waals surface area contributed by atoms with E-state index < -0.39 is 0 Å². The molecule has 0 spiro atoms. The Labute approximate surface area is 175 Å². The van der Waals surface area contributed by atoms with Gasteiger partial charge in [0.2, 0.25) is 0 Å². The summed E-state index contributed by atoms with van der Waals surface area (Å²) < 4.78 is 5.87. The Bertz CT molecular complexity index is 1200. The fourth-order valence-electron chi connectivity index (χ4n) is 3.19. The van der Waals surface area contributed by atoms with Gasteiger partial charge in [0.1, 0.15) is 12.4 Å². The summed E-state index contributed by atoms with van der Waals surface area (Å²) in [6.07, 6.45) is 0. The molecule has 0 atom stereocenters. The number of amides is 1. The lowest BCUT2D eigenvalue weighted by Crippen LogP contribution is -2.20.